The minimum atomic E-state index is -0.143. The molecule has 0 unspecified atom stereocenters. The number of rotatable bonds is 4. The first-order valence-electron chi connectivity index (χ1n) is 8.00. The molecular weight excluding hydrogens is 280 g/mol. The van der Waals surface area contributed by atoms with Crippen molar-refractivity contribution in [3.05, 3.63) is 29.8 Å². The minimum absolute atomic E-state index is 0. The fourth-order valence-electron chi connectivity index (χ4n) is 2.54. The fourth-order valence-corrected chi connectivity index (χ4v) is 2.54. The van der Waals surface area contributed by atoms with E-state index in [-0.39, 0.29) is 25.0 Å². The summed E-state index contributed by atoms with van der Waals surface area (Å²) in [5, 5.41) is 18.1. The third kappa shape index (κ3) is 5.98. The number of aromatic hydroxyl groups is 1. The predicted octanol–water partition coefficient (Wildman–Crippen LogP) is 3.75. The Bertz CT molecular complexity index is 476. The highest BCUT2D eigenvalue weighted by atomic mass is 16.3. The summed E-state index contributed by atoms with van der Waals surface area (Å²) >= 11 is 0. The maximum atomic E-state index is 11.2. The van der Waals surface area contributed by atoms with Crippen LogP contribution in [0.1, 0.15) is 64.2 Å². The van der Waals surface area contributed by atoms with Crippen LogP contribution in [0.25, 0.3) is 0 Å². The zero-order valence-electron chi connectivity index (χ0n) is 13.4. The Morgan fingerprint density at radius 1 is 1.05 bits per heavy atom. The van der Waals surface area contributed by atoms with Crippen LogP contribution < -0.4 is 0 Å². The van der Waals surface area contributed by atoms with E-state index in [4.69, 9.17) is 5.11 Å². The zero-order valence-corrected chi connectivity index (χ0v) is 13.4. The molecule has 1 saturated carbocycles. The molecule has 0 atom stereocenters. The number of hydrogen-bond donors (Lipinski definition) is 2. The van der Waals surface area contributed by atoms with E-state index in [0.29, 0.717) is 24.2 Å². The first kappa shape index (κ1) is 18.4. The molecule has 0 heterocycles. The summed E-state index contributed by atoms with van der Waals surface area (Å²) in [4.78, 5) is 22.2. The molecule has 0 bridgehead atoms. The molecule has 0 aliphatic heterocycles. The molecule has 22 heavy (non-hydrogen) atoms. The van der Waals surface area contributed by atoms with E-state index >= 15 is 0 Å². The highest BCUT2D eigenvalue weighted by Crippen LogP contribution is 2.25. The highest BCUT2D eigenvalue weighted by molar-refractivity contribution is 5.95. The van der Waals surface area contributed by atoms with Gasteiger partial charge in [-0.1, -0.05) is 13.8 Å². The molecule has 0 aromatic heterocycles. The monoisotopic (exact) mass is 308 g/mol. The van der Waals surface area contributed by atoms with Crippen LogP contribution >= 0.6 is 0 Å². The van der Waals surface area contributed by atoms with Gasteiger partial charge in [-0.25, -0.2) is 0 Å². The number of phenolic OH excluding ortho intramolecular Hbond substituents is 1. The lowest BCUT2D eigenvalue weighted by Gasteiger charge is -2.23. The Labute approximate surface area is 133 Å². The lowest BCUT2D eigenvalue weighted by atomic mass is 9.84. The van der Waals surface area contributed by atoms with E-state index < -0.39 is 0 Å². The quantitative estimate of drug-likeness (QED) is 0.831. The van der Waals surface area contributed by atoms with Gasteiger partial charge >= 0.3 is 0 Å². The van der Waals surface area contributed by atoms with Crippen molar-refractivity contribution in [2.24, 2.45) is 5.92 Å². The molecule has 0 amide bonds. The third-order valence-corrected chi connectivity index (χ3v) is 4.01. The normalized spacial score (nSPS) is 20.7. The highest BCUT2D eigenvalue weighted by Gasteiger charge is 2.23. The largest absolute Gasteiger partial charge is 0.508 e. The van der Waals surface area contributed by atoms with Gasteiger partial charge in [0.15, 0.2) is 5.78 Å². The van der Waals surface area contributed by atoms with Crippen LogP contribution in [0.15, 0.2) is 24.3 Å². The van der Waals surface area contributed by atoms with Crippen LogP contribution in [0.5, 0.6) is 5.75 Å². The number of ketones is 2. The molecule has 1 fully saturated rings. The summed E-state index contributed by atoms with van der Waals surface area (Å²) in [7, 11) is 0. The topological polar surface area (TPSA) is 74.6 Å². The number of hydrogen-bond acceptors (Lipinski definition) is 4. The summed E-state index contributed by atoms with van der Waals surface area (Å²) in [6.45, 7) is 3.72. The first-order chi connectivity index (χ1) is 10.5. The van der Waals surface area contributed by atoms with Crippen LogP contribution in [-0.4, -0.2) is 27.9 Å². The number of Topliss-reactive ketones (excluding diaryl/α,β-unsaturated/α-hetero) is 2. The maximum Gasteiger partial charge on any atom is 0.162 e. The van der Waals surface area contributed by atoms with Gasteiger partial charge in [0, 0.05) is 25.7 Å². The van der Waals surface area contributed by atoms with E-state index in [0.717, 1.165) is 25.7 Å². The molecule has 0 radical (unpaired) electrons. The van der Waals surface area contributed by atoms with Crippen LogP contribution in [0.2, 0.25) is 0 Å². The van der Waals surface area contributed by atoms with E-state index in [9.17, 15) is 14.7 Å². The van der Waals surface area contributed by atoms with Gasteiger partial charge in [-0.15, -0.1) is 0 Å². The summed E-state index contributed by atoms with van der Waals surface area (Å²) in [6, 6.07) is 6.29. The van der Waals surface area contributed by atoms with Crippen molar-refractivity contribution in [3.8, 4) is 5.75 Å². The Hall–Kier alpha value is -1.68. The number of benzene rings is 1. The summed E-state index contributed by atoms with van der Waals surface area (Å²) in [5.74, 6) is 0.919. The van der Waals surface area contributed by atoms with Gasteiger partial charge in [0.1, 0.15) is 11.5 Å². The van der Waals surface area contributed by atoms with Crippen LogP contribution in [-0.2, 0) is 4.79 Å². The van der Waals surface area contributed by atoms with Gasteiger partial charge in [-0.2, -0.15) is 0 Å². The smallest absolute Gasteiger partial charge is 0.162 e. The molecule has 4 heteroatoms. The Morgan fingerprint density at radius 2 is 1.59 bits per heavy atom. The summed E-state index contributed by atoms with van der Waals surface area (Å²) in [6.07, 6.45) is 4.44. The average molecular weight is 308 g/mol. The van der Waals surface area contributed by atoms with Crippen molar-refractivity contribution in [3.63, 3.8) is 0 Å². The van der Waals surface area contributed by atoms with Gasteiger partial charge in [0.05, 0.1) is 6.10 Å². The lowest BCUT2D eigenvalue weighted by Crippen LogP contribution is -2.23. The summed E-state index contributed by atoms with van der Waals surface area (Å²) in [5.41, 5.74) is 0.658. The molecule has 2 N–H and O–H groups in total. The number of carbonyl (C=O) groups excluding carboxylic acids is 2. The number of aliphatic hydroxyl groups excluding tert-OH is 1. The molecule has 0 spiro atoms. The minimum Gasteiger partial charge on any atom is -0.508 e. The van der Waals surface area contributed by atoms with Gasteiger partial charge in [-0.05, 0) is 49.9 Å². The molecule has 2 rings (SSSR count). The molecule has 0 saturated heterocycles. The van der Waals surface area contributed by atoms with Crippen molar-refractivity contribution in [1.82, 2.24) is 0 Å². The van der Waals surface area contributed by atoms with Crippen molar-refractivity contribution >= 4 is 11.6 Å². The van der Waals surface area contributed by atoms with Gasteiger partial charge in [0.2, 0.25) is 0 Å². The SMILES string of the molecule is CCC(=O)C1CCC(O)CC1.CCC(=O)c1ccc(O)cc1.[HH]. The predicted molar refractivity (Wildman–Crippen MR) is 88.1 cm³/mol. The molecule has 1 aliphatic carbocycles. The van der Waals surface area contributed by atoms with E-state index in [1.807, 2.05) is 13.8 Å². The standard InChI is InChI=1S/C9H16O2.C9H10O2.H2/c2*1-2-9(11)7-3-5-8(10)6-4-7;/h7-8,10H,2-6H2,1H3;3-6,10H,2H2,1H3;1H. The molecular formula is C18H28O4. The van der Waals surface area contributed by atoms with Crippen molar-refractivity contribution in [2.45, 2.75) is 58.5 Å². The Morgan fingerprint density at radius 3 is 2.05 bits per heavy atom. The fraction of sp³-hybridized carbons (Fsp3) is 0.556. The molecule has 1 aromatic carbocycles. The molecule has 1 aromatic rings. The first-order valence-corrected chi connectivity index (χ1v) is 8.00. The molecule has 124 valence electrons. The third-order valence-electron chi connectivity index (χ3n) is 4.01. The summed E-state index contributed by atoms with van der Waals surface area (Å²) < 4.78 is 0. The van der Waals surface area contributed by atoms with Crippen molar-refractivity contribution in [1.29, 1.82) is 0 Å². The number of carbonyl (C=O) groups is 2. The zero-order chi connectivity index (χ0) is 16.5. The number of aliphatic hydroxyl groups is 1. The van der Waals surface area contributed by atoms with Gasteiger partial charge < -0.3 is 10.2 Å². The van der Waals surface area contributed by atoms with Gasteiger partial charge in [-0.3, -0.25) is 9.59 Å². The maximum absolute atomic E-state index is 11.2. The van der Waals surface area contributed by atoms with E-state index in [2.05, 4.69) is 0 Å². The second kappa shape index (κ2) is 9.36. The number of phenols is 1. The van der Waals surface area contributed by atoms with Crippen LogP contribution in [0.4, 0.5) is 0 Å². The second-order valence-electron chi connectivity index (χ2n) is 5.65. The van der Waals surface area contributed by atoms with Crippen molar-refractivity contribution in [2.75, 3.05) is 0 Å². The average Bonchev–Trinajstić information content (AvgIpc) is 2.55. The van der Waals surface area contributed by atoms with Gasteiger partial charge in [0.25, 0.3) is 0 Å². The van der Waals surface area contributed by atoms with E-state index in [1.54, 1.807) is 12.1 Å². The lowest BCUT2D eigenvalue weighted by molar-refractivity contribution is -0.124. The van der Waals surface area contributed by atoms with Crippen molar-refractivity contribution < 1.29 is 21.2 Å². The van der Waals surface area contributed by atoms with Crippen LogP contribution in [0, 0.1) is 5.92 Å². The molecule has 4 nitrogen and oxygen atoms in total. The van der Waals surface area contributed by atoms with Crippen LogP contribution in [0.3, 0.4) is 0 Å². The second-order valence-corrected chi connectivity index (χ2v) is 5.65. The Balaban J connectivity index is 0.000000403. The molecule has 1 aliphatic rings. The Kier molecular flexibility index (Phi) is 7.82. The van der Waals surface area contributed by atoms with E-state index in [1.165, 1.54) is 12.1 Å².